The zero-order chi connectivity index (χ0) is 14.8. The van der Waals surface area contributed by atoms with Crippen LogP contribution in [-0.4, -0.2) is 38.1 Å². The predicted molar refractivity (Wildman–Crippen MR) is 74.5 cm³/mol. The fourth-order valence-corrected chi connectivity index (χ4v) is 2.90. The largest absolute Gasteiger partial charge is 0.379 e. The molecule has 1 amide bonds. The van der Waals surface area contributed by atoms with Gasteiger partial charge in [-0.25, -0.2) is 8.42 Å². The van der Waals surface area contributed by atoms with Crippen LogP contribution in [0.5, 0.6) is 0 Å². The Kier molecular flexibility index (Phi) is 4.72. The molecule has 0 aromatic carbocycles. The highest BCUT2D eigenvalue weighted by Crippen LogP contribution is 2.19. The van der Waals surface area contributed by atoms with Crippen molar-refractivity contribution in [1.82, 2.24) is 9.88 Å². The normalized spacial score (nSPS) is 19.2. The minimum absolute atomic E-state index is 0.0245. The number of hydrogen-bond acceptors (Lipinski definition) is 4. The fraction of sp³-hybridized carbons (Fsp3) is 0.583. The van der Waals surface area contributed by atoms with Crippen molar-refractivity contribution in [2.45, 2.75) is 37.2 Å². The van der Waals surface area contributed by atoms with Crippen molar-refractivity contribution >= 4 is 25.6 Å². The topological polar surface area (TPSA) is 77.4 Å². The van der Waals surface area contributed by atoms with Crippen molar-refractivity contribution in [3.05, 3.63) is 18.0 Å². The van der Waals surface area contributed by atoms with Crippen LogP contribution in [0.3, 0.4) is 0 Å². The van der Waals surface area contributed by atoms with Gasteiger partial charge in [0, 0.05) is 30.0 Å². The van der Waals surface area contributed by atoms with Gasteiger partial charge in [0.2, 0.25) is 0 Å². The van der Waals surface area contributed by atoms with Gasteiger partial charge in [0.15, 0.2) is 0 Å². The molecule has 1 fully saturated rings. The van der Waals surface area contributed by atoms with E-state index in [1.54, 1.807) is 4.57 Å². The van der Waals surface area contributed by atoms with Crippen molar-refractivity contribution in [3.8, 4) is 0 Å². The second-order valence-electron chi connectivity index (χ2n) is 4.73. The first-order chi connectivity index (χ1) is 9.41. The number of amides is 1. The molecule has 1 N–H and O–H groups in total. The summed E-state index contributed by atoms with van der Waals surface area (Å²) in [6.07, 6.45) is 2.94. The first-order valence-corrected chi connectivity index (χ1v) is 8.76. The molecule has 0 aliphatic carbocycles. The lowest BCUT2D eigenvalue weighted by molar-refractivity contribution is 0.0920. The number of aryl methyl sites for hydroxylation is 1. The molecule has 1 unspecified atom stereocenters. The van der Waals surface area contributed by atoms with Gasteiger partial charge in [-0.05, 0) is 18.9 Å². The quantitative estimate of drug-likeness (QED) is 0.831. The van der Waals surface area contributed by atoms with E-state index in [0.29, 0.717) is 25.5 Å². The molecule has 2 rings (SSSR count). The Balaban J connectivity index is 2.23. The smallest absolute Gasteiger partial charge is 0.268 e. The van der Waals surface area contributed by atoms with Crippen LogP contribution in [0.25, 0.3) is 0 Å². The number of aromatic nitrogens is 1. The Bertz CT molecular complexity index is 591. The van der Waals surface area contributed by atoms with Gasteiger partial charge in [0.1, 0.15) is 10.6 Å². The van der Waals surface area contributed by atoms with Crippen LogP contribution in [0.15, 0.2) is 17.2 Å². The van der Waals surface area contributed by atoms with Gasteiger partial charge in [0.05, 0.1) is 12.6 Å². The number of nitrogens with one attached hydrogen (secondary N) is 1. The van der Waals surface area contributed by atoms with Gasteiger partial charge >= 0.3 is 0 Å². The Hall–Kier alpha value is -1.05. The van der Waals surface area contributed by atoms with Crippen LogP contribution in [0.1, 0.15) is 30.3 Å². The Morgan fingerprint density at radius 3 is 2.90 bits per heavy atom. The zero-order valence-corrected chi connectivity index (χ0v) is 12.7. The standard InChI is InChI=1S/C12H17ClN2O4S/c1-2-4-15-7-10(20(13,17)18)6-11(15)12(16)14-9-3-5-19-8-9/h6-7,9H,2-5,8H2,1H3,(H,14,16). The fourth-order valence-electron chi connectivity index (χ4n) is 2.14. The number of carbonyl (C=O) groups is 1. The summed E-state index contributed by atoms with van der Waals surface area (Å²) in [7, 11) is 1.49. The number of rotatable bonds is 5. The molecular weight excluding hydrogens is 304 g/mol. The minimum Gasteiger partial charge on any atom is -0.379 e. The summed E-state index contributed by atoms with van der Waals surface area (Å²) in [6, 6.07) is 1.28. The van der Waals surface area contributed by atoms with Crippen LogP contribution in [-0.2, 0) is 20.3 Å². The van der Waals surface area contributed by atoms with Crippen LogP contribution in [0.2, 0.25) is 0 Å². The number of hydrogen-bond donors (Lipinski definition) is 1. The van der Waals surface area contributed by atoms with Crippen LogP contribution in [0, 0.1) is 0 Å². The molecule has 20 heavy (non-hydrogen) atoms. The van der Waals surface area contributed by atoms with Gasteiger partial charge < -0.3 is 14.6 Å². The molecule has 0 bridgehead atoms. The highest BCUT2D eigenvalue weighted by atomic mass is 35.7. The summed E-state index contributed by atoms with van der Waals surface area (Å²) in [6.45, 7) is 3.61. The molecule has 0 spiro atoms. The lowest BCUT2D eigenvalue weighted by atomic mass is 10.2. The van der Waals surface area contributed by atoms with Gasteiger partial charge in [-0.2, -0.15) is 0 Å². The number of halogens is 1. The van der Waals surface area contributed by atoms with Gasteiger partial charge in [0.25, 0.3) is 15.0 Å². The molecule has 1 aromatic heterocycles. The van der Waals surface area contributed by atoms with E-state index >= 15 is 0 Å². The third-order valence-electron chi connectivity index (χ3n) is 3.12. The Morgan fingerprint density at radius 1 is 1.60 bits per heavy atom. The molecule has 2 heterocycles. The maximum Gasteiger partial charge on any atom is 0.268 e. The third kappa shape index (κ3) is 3.53. The van der Waals surface area contributed by atoms with Crippen LogP contribution in [0.4, 0.5) is 0 Å². The summed E-state index contributed by atoms with van der Waals surface area (Å²) in [4.78, 5) is 12.2. The van der Waals surface area contributed by atoms with Crippen molar-refractivity contribution in [1.29, 1.82) is 0 Å². The molecule has 1 saturated heterocycles. The maximum atomic E-state index is 12.2. The van der Waals surface area contributed by atoms with E-state index in [4.69, 9.17) is 15.4 Å². The second-order valence-corrected chi connectivity index (χ2v) is 7.29. The van der Waals surface area contributed by atoms with Crippen molar-refractivity contribution in [2.75, 3.05) is 13.2 Å². The van der Waals surface area contributed by atoms with E-state index in [0.717, 1.165) is 12.8 Å². The van der Waals surface area contributed by atoms with E-state index in [1.807, 2.05) is 6.92 Å². The summed E-state index contributed by atoms with van der Waals surface area (Å²) in [5, 5.41) is 2.84. The average molecular weight is 321 g/mol. The van der Waals surface area contributed by atoms with E-state index in [9.17, 15) is 13.2 Å². The second kappa shape index (κ2) is 6.15. The summed E-state index contributed by atoms with van der Waals surface area (Å²) >= 11 is 0. The van der Waals surface area contributed by atoms with Gasteiger partial charge in [-0.3, -0.25) is 4.79 Å². The lowest BCUT2D eigenvalue weighted by Gasteiger charge is -2.12. The zero-order valence-electron chi connectivity index (χ0n) is 11.1. The van der Waals surface area contributed by atoms with Crippen LogP contribution >= 0.6 is 10.7 Å². The average Bonchev–Trinajstić information content (AvgIpc) is 2.97. The maximum absolute atomic E-state index is 12.2. The first-order valence-electron chi connectivity index (χ1n) is 6.45. The van der Waals surface area contributed by atoms with Gasteiger partial charge in [-0.1, -0.05) is 6.92 Å². The van der Waals surface area contributed by atoms with Crippen molar-refractivity contribution < 1.29 is 17.9 Å². The first kappa shape index (κ1) is 15.3. The van der Waals surface area contributed by atoms with E-state index in [-0.39, 0.29) is 16.8 Å². The van der Waals surface area contributed by atoms with E-state index < -0.39 is 9.05 Å². The lowest BCUT2D eigenvalue weighted by Crippen LogP contribution is -2.36. The van der Waals surface area contributed by atoms with E-state index in [2.05, 4.69) is 5.32 Å². The van der Waals surface area contributed by atoms with Crippen molar-refractivity contribution in [3.63, 3.8) is 0 Å². The SMILES string of the molecule is CCCn1cc(S(=O)(=O)Cl)cc1C(=O)NC1CCOC1. The third-order valence-corrected chi connectivity index (χ3v) is 4.44. The van der Waals surface area contributed by atoms with Crippen LogP contribution < -0.4 is 5.32 Å². The molecule has 1 atom stereocenters. The summed E-state index contributed by atoms with van der Waals surface area (Å²) in [5.41, 5.74) is 0.304. The summed E-state index contributed by atoms with van der Waals surface area (Å²) < 4.78 is 29.5. The molecule has 1 aliphatic rings. The van der Waals surface area contributed by atoms with Crippen molar-refractivity contribution in [2.24, 2.45) is 0 Å². The molecule has 8 heteroatoms. The molecule has 1 aromatic rings. The summed E-state index contributed by atoms with van der Waals surface area (Å²) in [5.74, 6) is -0.305. The molecule has 1 aliphatic heterocycles. The van der Waals surface area contributed by atoms with Gasteiger partial charge in [-0.15, -0.1) is 0 Å². The molecule has 112 valence electrons. The molecule has 0 saturated carbocycles. The number of ether oxygens (including phenoxy) is 1. The molecule has 6 nitrogen and oxygen atoms in total. The highest BCUT2D eigenvalue weighted by molar-refractivity contribution is 8.13. The van der Waals surface area contributed by atoms with E-state index in [1.165, 1.54) is 12.3 Å². The highest BCUT2D eigenvalue weighted by Gasteiger charge is 2.23. The number of nitrogens with zero attached hydrogens (tertiary/aromatic N) is 1. The molecular formula is C12H17ClN2O4S. The Labute approximate surface area is 122 Å². The monoisotopic (exact) mass is 320 g/mol. The minimum atomic E-state index is -3.84. The molecule has 0 radical (unpaired) electrons. The number of carbonyl (C=O) groups excluding carboxylic acids is 1. The predicted octanol–water partition coefficient (Wildman–Crippen LogP) is 1.34. The Morgan fingerprint density at radius 2 is 2.35 bits per heavy atom.